The number of anilines is 1. The standard InChI is InChI=1S/C18H21F3N6O4/c1-17(2)11-25-9-14(27(29)30)22-16(25)31-8-7-26(17)10-15(28)24-23-13-5-3-12(4-6-13)18(19,20)21/h3-6,9,23H,7-8,10-11H2,1-2H3,(H,24,28). The van der Waals surface area contributed by atoms with Gasteiger partial charge in [0.25, 0.3) is 5.91 Å². The average molecular weight is 442 g/mol. The van der Waals surface area contributed by atoms with Crippen molar-refractivity contribution in [2.45, 2.75) is 32.1 Å². The summed E-state index contributed by atoms with van der Waals surface area (Å²) in [6.45, 7) is 4.55. The summed E-state index contributed by atoms with van der Waals surface area (Å²) in [4.78, 5) is 28.4. The Morgan fingerprint density at radius 3 is 2.61 bits per heavy atom. The van der Waals surface area contributed by atoms with Crippen LogP contribution in [0.3, 0.4) is 0 Å². The van der Waals surface area contributed by atoms with Crippen LogP contribution in [-0.4, -0.2) is 50.5 Å². The van der Waals surface area contributed by atoms with E-state index in [1.54, 1.807) is 0 Å². The Balaban J connectivity index is 1.60. The zero-order valence-electron chi connectivity index (χ0n) is 16.8. The number of amides is 1. The minimum absolute atomic E-state index is 0.0316. The third kappa shape index (κ3) is 5.42. The summed E-state index contributed by atoms with van der Waals surface area (Å²) in [7, 11) is 0. The number of ether oxygens (including phenoxy) is 1. The van der Waals surface area contributed by atoms with Crippen LogP contribution in [0, 0.1) is 10.1 Å². The number of hydrogen-bond donors (Lipinski definition) is 2. The van der Waals surface area contributed by atoms with Gasteiger partial charge in [-0.2, -0.15) is 13.2 Å². The van der Waals surface area contributed by atoms with Crippen molar-refractivity contribution >= 4 is 17.4 Å². The number of benzene rings is 1. The van der Waals surface area contributed by atoms with Crippen LogP contribution < -0.4 is 15.6 Å². The Kier molecular flexibility index (Phi) is 6.06. The first-order valence-corrected chi connectivity index (χ1v) is 9.27. The molecule has 2 N–H and O–H groups in total. The third-order valence-electron chi connectivity index (χ3n) is 4.81. The van der Waals surface area contributed by atoms with E-state index in [4.69, 9.17) is 4.74 Å². The number of nitrogens with zero attached hydrogens (tertiary/aromatic N) is 4. The van der Waals surface area contributed by atoms with E-state index in [-0.39, 0.29) is 25.0 Å². The molecule has 1 aromatic carbocycles. The van der Waals surface area contributed by atoms with Gasteiger partial charge in [-0.1, -0.05) is 0 Å². The molecule has 168 valence electrons. The second-order valence-corrected chi connectivity index (χ2v) is 7.60. The summed E-state index contributed by atoms with van der Waals surface area (Å²) >= 11 is 0. The molecule has 0 saturated carbocycles. The zero-order chi connectivity index (χ0) is 22.8. The lowest BCUT2D eigenvalue weighted by molar-refractivity contribution is -0.389. The number of nitro groups is 1. The summed E-state index contributed by atoms with van der Waals surface area (Å²) in [5.41, 5.74) is 3.98. The van der Waals surface area contributed by atoms with Crippen molar-refractivity contribution in [2.24, 2.45) is 0 Å². The van der Waals surface area contributed by atoms with E-state index in [2.05, 4.69) is 15.8 Å². The van der Waals surface area contributed by atoms with Crippen molar-refractivity contribution in [2.75, 3.05) is 25.1 Å². The summed E-state index contributed by atoms with van der Waals surface area (Å²) in [5, 5.41) is 11.0. The molecule has 13 heteroatoms. The average Bonchev–Trinajstić information content (AvgIpc) is 3.06. The van der Waals surface area contributed by atoms with E-state index >= 15 is 0 Å². The van der Waals surface area contributed by atoms with Gasteiger partial charge in [0.15, 0.2) is 0 Å². The van der Waals surface area contributed by atoms with Crippen LogP contribution in [0.2, 0.25) is 0 Å². The number of imidazole rings is 1. The predicted molar refractivity (Wildman–Crippen MR) is 103 cm³/mol. The van der Waals surface area contributed by atoms with Gasteiger partial charge in [-0.25, -0.2) is 0 Å². The normalized spacial score (nSPS) is 16.4. The number of carbonyl (C=O) groups is 1. The van der Waals surface area contributed by atoms with Crippen molar-refractivity contribution in [1.29, 1.82) is 0 Å². The number of hydrogen-bond acceptors (Lipinski definition) is 7. The highest BCUT2D eigenvalue weighted by atomic mass is 19.4. The van der Waals surface area contributed by atoms with E-state index < -0.39 is 28.1 Å². The van der Waals surface area contributed by atoms with Crippen LogP contribution in [0.4, 0.5) is 24.7 Å². The second kappa shape index (κ2) is 8.41. The van der Waals surface area contributed by atoms with Crippen molar-refractivity contribution < 1.29 is 27.6 Å². The van der Waals surface area contributed by atoms with Crippen LogP contribution in [0.5, 0.6) is 6.01 Å². The molecule has 0 spiro atoms. The Labute approximate surface area is 175 Å². The molecule has 2 heterocycles. The molecular formula is C18H21F3N6O4. The van der Waals surface area contributed by atoms with Crippen LogP contribution in [-0.2, 0) is 17.5 Å². The monoisotopic (exact) mass is 442 g/mol. The molecule has 0 saturated heterocycles. The summed E-state index contributed by atoms with van der Waals surface area (Å²) in [6.07, 6.45) is -3.15. The highest BCUT2D eigenvalue weighted by molar-refractivity contribution is 5.79. The molecule has 0 radical (unpaired) electrons. The van der Waals surface area contributed by atoms with Gasteiger partial charge in [0.05, 0.1) is 17.8 Å². The Bertz CT molecular complexity index is 958. The number of fused-ring (bicyclic) bond motifs is 1. The first-order valence-electron chi connectivity index (χ1n) is 9.27. The van der Waals surface area contributed by atoms with Gasteiger partial charge < -0.3 is 14.9 Å². The fourth-order valence-corrected chi connectivity index (χ4v) is 3.16. The molecule has 0 unspecified atom stereocenters. The molecule has 0 fully saturated rings. The Hall–Kier alpha value is -3.35. The summed E-state index contributed by atoms with van der Waals surface area (Å²) < 4.78 is 44.9. The zero-order valence-corrected chi connectivity index (χ0v) is 16.8. The number of alkyl halides is 3. The van der Waals surface area contributed by atoms with Crippen LogP contribution in [0.1, 0.15) is 19.4 Å². The number of aromatic nitrogens is 2. The topological polar surface area (TPSA) is 115 Å². The van der Waals surface area contributed by atoms with E-state index in [0.29, 0.717) is 18.8 Å². The van der Waals surface area contributed by atoms with Gasteiger partial charge in [0.2, 0.25) is 0 Å². The van der Waals surface area contributed by atoms with Gasteiger partial charge in [-0.05, 0) is 43.0 Å². The molecule has 1 aliphatic rings. The number of rotatable bonds is 5. The van der Waals surface area contributed by atoms with Gasteiger partial charge >= 0.3 is 18.0 Å². The number of carbonyl (C=O) groups excluding carboxylic acids is 1. The minimum atomic E-state index is -4.43. The molecule has 2 aromatic rings. The first-order chi connectivity index (χ1) is 14.5. The minimum Gasteiger partial charge on any atom is -0.444 e. The van der Waals surface area contributed by atoms with Crippen LogP contribution in [0.25, 0.3) is 0 Å². The molecule has 0 bridgehead atoms. The summed E-state index contributed by atoms with van der Waals surface area (Å²) in [6, 6.07) is 4.40. The van der Waals surface area contributed by atoms with E-state index in [0.717, 1.165) is 12.1 Å². The molecule has 1 aromatic heterocycles. The van der Waals surface area contributed by atoms with E-state index in [1.165, 1.54) is 22.9 Å². The predicted octanol–water partition coefficient (Wildman–Crippen LogP) is 2.43. The largest absolute Gasteiger partial charge is 0.444 e. The highest BCUT2D eigenvalue weighted by Crippen LogP contribution is 2.30. The molecule has 1 aliphatic heterocycles. The third-order valence-corrected chi connectivity index (χ3v) is 4.81. The fraction of sp³-hybridized carbons (Fsp3) is 0.444. The van der Waals surface area contributed by atoms with Crippen molar-refractivity contribution in [1.82, 2.24) is 19.9 Å². The molecule has 0 atom stereocenters. The summed E-state index contributed by atoms with van der Waals surface area (Å²) in [5.74, 6) is -0.733. The Morgan fingerprint density at radius 2 is 2.00 bits per heavy atom. The van der Waals surface area contributed by atoms with Gasteiger partial charge in [0, 0.05) is 23.6 Å². The SMILES string of the molecule is CC1(C)Cn2cc([N+](=O)[O-])nc2OCCN1CC(=O)NNc1ccc(C(F)(F)F)cc1. The number of halogens is 3. The molecule has 10 nitrogen and oxygen atoms in total. The van der Waals surface area contributed by atoms with Crippen LogP contribution in [0.15, 0.2) is 30.5 Å². The first kappa shape index (κ1) is 22.3. The maximum Gasteiger partial charge on any atom is 0.416 e. The van der Waals surface area contributed by atoms with Crippen molar-refractivity contribution in [3.63, 3.8) is 0 Å². The fourth-order valence-electron chi connectivity index (χ4n) is 3.16. The van der Waals surface area contributed by atoms with Gasteiger partial charge in [-0.15, -0.1) is 0 Å². The van der Waals surface area contributed by atoms with E-state index in [1.807, 2.05) is 18.7 Å². The lowest BCUT2D eigenvalue weighted by Crippen LogP contribution is -2.53. The Morgan fingerprint density at radius 1 is 1.32 bits per heavy atom. The lowest BCUT2D eigenvalue weighted by Gasteiger charge is -2.39. The maximum atomic E-state index is 12.6. The van der Waals surface area contributed by atoms with Gasteiger partial charge in [0.1, 0.15) is 12.8 Å². The van der Waals surface area contributed by atoms with E-state index in [9.17, 15) is 28.1 Å². The number of hydrazine groups is 1. The van der Waals surface area contributed by atoms with Crippen molar-refractivity contribution in [3.8, 4) is 6.01 Å². The highest BCUT2D eigenvalue weighted by Gasteiger charge is 2.34. The molecule has 0 aliphatic carbocycles. The quantitative estimate of drug-likeness (QED) is 0.540. The molecular weight excluding hydrogens is 421 g/mol. The van der Waals surface area contributed by atoms with Gasteiger partial charge in [-0.3, -0.25) is 25.1 Å². The van der Waals surface area contributed by atoms with Crippen LogP contribution >= 0.6 is 0 Å². The maximum absolute atomic E-state index is 12.6. The molecule has 3 rings (SSSR count). The molecule has 31 heavy (non-hydrogen) atoms. The number of nitrogens with one attached hydrogen (secondary N) is 2. The smallest absolute Gasteiger partial charge is 0.416 e. The van der Waals surface area contributed by atoms with Crippen molar-refractivity contribution in [3.05, 3.63) is 46.1 Å². The lowest BCUT2D eigenvalue weighted by atomic mass is 10.0. The second-order valence-electron chi connectivity index (χ2n) is 7.60. The molecule has 1 amide bonds.